The Balaban J connectivity index is 2.13. The van der Waals surface area contributed by atoms with E-state index in [0.717, 1.165) is 20.3 Å². The molecule has 3 aromatic rings. The number of ether oxygens (including phenoxy) is 1. The molecule has 0 saturated heterocycles. The van der Waals surface area contributed by atoms with Gasteiger partial charge in [-0.05, 0) is 53.5 Å². The molecular weight excluding hydrogens is 381 g/mol. The summed E-state index contributed by atoms with van der Waals surface area (Å²) in [6.45, 7) is 4.61. The topological polar surface area (TPSA) is 31.2 Å². The average Bonchev–Trinajstić information content (AvgIpc) is 3.00. The molecule has 6 heteroatoms. The minimum Gasteiger partial charge on any atom is -0.461 e. The molecule has 3 rings (SSSR count). The number of aryl methyl sites for hydroxylation is 1. The minimum atomic E-state index is -0.359. The third kappa shape index (κ3) is 3.05. The molecule has 0 spiro atoms. The standard InChI is InChI=1S/C17H15BrFNO2S/c1-3-22-17(21)15-14(18)16-13(8-10(2)23-16)20(15)9-11-4-6-12(19)7-5-11/h4-8H,3,9H2,1-2H3. The monoisotopic (exact) mass is 395 g/mol. The molecule has 0 N–H and O–H groups in total. The molecule has 0 aliphatic carbocycles. The highest BCUT2D eigenvalue weighted by atomic mass is 79.9. The number of nitrogens with zero attached hydrogens (tertiary/aromatic N) is 1. The lowest BCUT2D eigenvalue weighted by molar-refractivity contribution is 0.0514. The van der Waals surface area contributed by atoms with Gasteiger partial charge in [0, 0.05) is 11.4 Å². The van der Waals surface area contributed by atoms with Gasteiger partial charge in [-0.2, -0.15) is 0 Å². The highest BCUT2D eigenvalue weighted by Crippen LogP contribution is 2.37. The van der Waals surface area contributed by atoms with E-state index in [1.807, 2.05) is 11.5 Å². The van der Waals surface area contributed by atoms with Crippen molar-refractivity contribution in [3.05, 3.63) is 56.8 Å². The Kier molecular flexibility index (Phi) is 4.55. The maximum Gasteiger partial charge on any atom is 0.356 e. The zero-order valence-corrected chi connectivity index (χ0v) is 15.1. The van der Waals surface area contributed by atoms with Crippen molar-refractivity contribution in [3.8, 4) is 0 Å². The summed E-state index contributed by atoms with van der Waals surface area (Å²) >= 11 is 5.17. The maximum absolute atomic E-state index is 13.1. The SMILES string of the molecule is CCOC(=O)c1c(Br)c2sc(C)cc2n1Cc1ccc(F)cc1. The van der Waals surface area contributed by atoms with E-state index in [1.165, 1.54) is 17.0 Å². The Morgan fingerprint density at radius 3 is 2.70 bits per heavy atom. The zero-order valence-electron chi connectivity index (χ0n) is 12.7. The second-order valence-electron chi connectivity index (χ2n) is 5.17. The number of rotatable bonds is 4. The fourth-order valence-corrected chi connectivity index (χ4v) is 4.32. The van der Waals surface area contributed by atoms with Crippen LogP contribution in [0, 0.1) is 12.7 Å². The minimum absolute atomic E-state index is 0.274. The summed E-state index contributed by atoms with van der Waals surface area (Å²) in [5.41, 5.74) is 2.40. The number of carbonyl (C=O) groups excluding carboxylic acids is 1. The van der Waals surface area contributed by atoms with E-state index >= 15 is 0 Å². The second-order valence-corrected chi connectivity index (χ2v) is 7.22. The largest absolute Gasteiger partial charge is 0.461 e. The van der Waals surface area contributed by atoms with Crippen LogP contribution >= 0.6 is 27.3 Å². The van der Waals surface area contributed by atoms with E-state index in [9.17, 15) is 9.18 Å². The predicted molar refractivity (Wildman–Crippen MR) is 93.7 cm³/mol. The molecule has 2 heterocycles. The molecule has 0 unspecified atom stereocenters. The van der Waals surface area contributed by atoms with Crippen molar-refractivity contribution in [1.29, 1.82) is 0 Å². The number of hydrogen-bond acceptors (Lipinski definition) is 3. The quantitative estimate of drug-likeness (QED) is 0.572. The van der Waals surface area contributed by atoms with Gasteiger partial charge in [-0.3, -0.25) is 0 Å². The fourth-order valence-electron chi connectivity index (χ4n) is 2.54. The van der Waals surface area contributed by atoms with Gasteiger partial charge in [0.25, 0.3) is 0 Å². The van der Waals surface area contributed by atoms with Crippen molar-refractivity contribution in [2.75, 3.05) is 6.61 Å². The highest BCUT2D eigenvalue weighted by Gasteiger charge is 2.24. The third-order valence-electron chi connectivity index (χ3n) is 3.53. The van der Waals surface area contributed by atoms with E-state index in [2.05, 4.69) is 22.0 Å². The van der Waals surface area contributed by atoms with Gasteiger partial charge < -0.3 is 9.30 Å². The molecule has 23 heavy (non-hydrogen) atoms. The number of thiophene rings is 1. The van der Waals surface area contributed by atoms with Crippen molar-refractivity contribution < 1.29 is 13.9 Å². The zero-order chi connectivity index (χ0) is 16.6. The summed E-state index contributed by atoms with van der Waals surface area (Å²) in [4.78, 5) is 13.5. The molecule has 0 aliphatic rings. The van der Waals surface area contributed by atoms with Crippen molar-refractivity contribution in [2.24, 2.45) is 0 Å². The lowest BCUT2D eigenvalue weighted by Gasteiger charge is -2.10. The lowest BCUT2D eigenvalue weighted by Crippen LogP contribution is -2.13. The molecule has 1 aromatic carbocycles. The van der Waals surface area contributed by atoms with Crippen LogP contribution in [0.3, 0.4) is 0 Å². The maximum atomic E-state index is 13.1. The van der Waals surface area contributed by atoms with Crippen LogP contribution in [0.25, 0.3) is 10.2 Å². The second kappa shape index (κ2) is 6.45. The molecule has 3 nitrogen and oxygen atoms in total. The van der Waals surface area contributed by atoms with Gasteiger partial charge in [0.15, 0.2) is 0 Å². The van der Waals surface area contributed by atoms with Crippen molar-refractivity contribution in [2.45, 2.75) is 20.4 Å². The Labute approximate surface area is 145 Å². The van der Waals surface area contributed by atoms with Gasteiger partial charge in [-0.15, -0.1) is 11.3 Å². The Morgan fingerprint density at radius 1 is 1.35 bits per heavy atom. The summed E-state index contributed by atoms with van der Waals surface area (Å²) in [7, 11) is 0. The predicted octanol–water partition coefficient (Wildman–Crippen LogP) is 5.14. The molecule has 2 aromatic heterocycles. The van der Waals surface area contributed by atoms with Crippen LogP contribution in [0.5, 0.6) is 0 Å². The van der Waals surface area contributed by atoms with Gasteiger partial charge in [-0.25, -0.2) is 9.18 Å². The van der Waals surface area contributed by atoms with Crippen LogP contribution in [0.15, 0.2) is 34.8 Å². The van der Waals surface area contributed by atoms with Crippen LogP contribution in [-0.2, 0) is 11.3 Å². The molecule has 0 radical (unpaired) electrons. The highest BCUT2D eigenvalue weighted by molar-refractivity contribution is 9.10. The van der Waals surface area contributed by atoms with Crippen LogP contribution < -0.4 is 0 Å². The Bertz CT molecular complexity index is 867. The van der Waals surface area contributed by atoms with Gasteiger partial charge >= 0.3 is 5.97 Å². The summed E-state index contributed by atoms with van der Waals surface area (Å²) in [5.74, 6) is -0.632. The van der Waals surface area contributed by atoms with Crippen LogP contribution in [0.1, 0.15) is 27.9 Å². The average molecular weight is 396 g/mol. The van der Waals surface area contributed by atoms with Crippen molar-refractivity contribution in [3.63, 3.8) is 0 Å². The van der Waals surface area contributed by atoms with Crippen molar-refractivity contribution in [1.82, 2.24) is 4.57 Å². The van der Waals surface area contributed by atoms with E-state index < -0.39 is 0 Å². The number of fused-ring (bicyclic) bond motifs is 1. The normalized spacial score (nSPS) is 11.1. The lowest BCUT2D eigenvalue weighted by atomic mass is 10.2. The molecule has 0 saturated carbocycles. The van der Waals surface area contributed by atoms with E-state index in [1.54, 1.807) is 30.4 Å². The fraction of sp³-hybridized carbons (Fsp3) is 0.235. The number of aromatic nitrogens is 1. The van der Waals surface area contributed by atoms with Gasteiger partial charge in [0.05, 0.1) is 21.3 Å². The van der Waals surface area contributed by atoms with Crippen LogP contribution in [-0.4, -0.2) is 17.1 Å². The Morgan fingerprint density at radius 2 is 2.04 bits per heavy atom. The summed E-state index contributed by atoms with van der Waals surface area (Å²) in [6, 6.07) is 8.35. The summed E-state index contributed by atoms with van der Waals surface area (Å²) in [6.07, 6.45) is 0. The Hall–Kier alpha value is -1.66. The first-order valence-corrected chi connectivity index (χ1v) is 8.82. The van der Waals surface area contributed by atoms with E-state index in [-0.39, 0.29) is 11.8 Å². The number of esters is 1. The molecule has 120 valence electrons. The van der Waals surface area contributed by atoms with Crippen molar-refractivity contribution >= 4 is 43.5 Å². The summed E-state index contributed by atoms with van der Waals surface area (Å²) in [5, 5.41) is 0. The molecule has 0 fully saturated rings. The smallest absolute Gasteiger partial charge is 0.356 e. The van der Waals surface area contributed by atoms with Crippen LogP contribution in [0.2, 0.25) is 0 Å². The number of carbonyl (C=O) groups is 1. The molecule has 0 aliphatic heterocycles. The first kappa shape index (κ1) is 16.2. The van der Waals surface area contributed by atoms with Gasteiger partial charge in [0.2, 0.25) is 0 Å². The van der Waals surface area contributed by atoms with E-state index in [0.29, 0.717) is 18.8 Å². The molecule has 0 amide bonds. The number of halogens is 2. The van der Waals surface area contributed by atoms with Crippen LogP contribution in [0.4, 0.5) is 4.39 Å². The summed E-state index contributed by atoms with van der Waals surface area (Å²) < 4.78 is 22.0. The molecule has 0 atom stereocenters. The first-order valence-electron chi connectivity index (χ1n) is 7.21. The van der Waals surface area contributed by atoms with Gasteiger partial charge in [-0.1, -0.05) is 12.1 Å². The molecule has 0 bridgehead atoms. The third-order valence-corrected chi connectivity index (χ3v) is 5.62. The number of hydrogen-bond donors (Lipinski definition) is 0. The first-order chi connectivity index (χ1) is 11.0. The van der Waals surface area contributed by atoms with Gasteiger partial charge in [0.1, 0.15) is 11.5 Å². The van der Waals surface area contributed by atoms with E-state index in [4.69, 9.17) is 4.74 Å². The number of benzene rings is 1. The molecular formula is C17H15BrFNO2S.